The first-order valence-corrected chi connectivity index (χ1v) is 14.4. The number of nitrogens with zero attached hydrogens (tertiary/aromatic N) is 1. The number of carbonyl (C=O) groups excluding carboxylic acids is 2. The minimum Gasteiger partial charge on any atom is -0.422 e. The van der Waals surface area contributed by atoms with Crippen molar-refractivity contribution in [2.45, 2.75) is 0 Å². The van der Waals surface area contributed by atoms with E-state index in [-0.39, 0.29) is 34.5 Å². The van der Waals surface area contributed by atoms with Crippen LogP contribution in [0.25, 0.3) is 0 Å². The van der Waals surface area contributed by atoms with Crippen molar-refractivity contribution in [2.75, 3.05) is 12.5 Å². The summed E-state index contributed by atoms with van der Waals surface area (Å²) < 4.78 is 57.2. The zero-order valence-electron chi connectivity index (χ0n) is 21.2. The van der Waals surface area contributed by atoms with E-state index in [9.17, 15) is 26.4 Å². The fourth-order valence-corrected chi connectivity index (χ4v) is 2.69. The highest BCUT2D eigenvalue weighted by Gasteiger charge is 2.19. The van der Waals surface area contributed by atoms with Gasteiger partial charge in [0.05, 0.1) is 29.3 Å². The fraction of sp³-hybridized carbons (Fsp3) is 0.0833. The van der Waals surface area contributed by atoms with Crippen LogP contribution in [0.15, 0.2) is 77.8 Å². The number of rotatable bonds is 6. The Bertz CT molecular complexity index is 1560. The van der Waals surface area contributed by atoms with E-state index in [2.05, 4.69) is 4.99 Å². The fourth-order valence-electron chi connectivity index (χ4n) is 2.69. The third-order valence-electron chi connectivity index (χ3n) is 4.14. The second-order valence-corrected chi connectivity index (χ2v) is 10.7. The summed E-state index contributed by atoms with van der Waals surface area (Å²) in [7, 11) is -7.33. The van der Waals surface area contributed by atoms with E-state index in [0.717, 1.165) is 0 Å². The monoisotopic (exact) mass is 593 g/mol. The number of nitrogens with one attached hydrogen (secondary N) is 1. The number of hydrogen-bond donors (Lipinski definition) is 6. The van der Waals surface area contributed by atoms with E-state index in [1.54, 1.807) is 42.5 Å². The summed E-state index contributed by atoms with van der Waals surface area (Å²) in [5.41, 5.74) is 17.8. The lowest BCUT2D eigenvalue weighted by Crippen LogP contribution is -2.21. The first kappa shape index (κ1) is 33.4. The van der Waals surface area contributed by atoms with E-state index in [0.29, 0.717) is 29.3 Å². The molecule has 0 bridgehead atoms. The number of esters is 1. The van der Waals surface area contributed by atoms with Crippen LogP contribution in [-0.4, -0.2) is 62.0 Å². The van der Waals surface area contributed by atoms with Crippen LogP contribution >= 0.6 is 0 Å². The van der Waals surface area contributed by atoms with Crippen molar-refractivity contribution in [2.24, 2.45) is 22.2 Å². The predicted octanol–water partition coefficient (Wildman–Crippen LogP) is 1.33. The third-order valence-corrected chi connectivity index (χ3v) is 4.14. The standard InChI is InChI=1S/C22H19N5O3.2CH4O3S/c23-20(24)15-8-11-18(17(12-15)19(28)13-4-2-1-3-5-13)30-21(29)14-6-9-16(10-7-14)27-22(25)26;2*1-5(2,3)4/h1-12H,(H3,23,24)(H4,25,26,27);2*1H3,(H,2,3,4). The van der Waals surface area contributed by atoms with Crippen LogP contribution in [-0.2, 0) is 20.2 Å². The quantitative estimate of drug-likeness (QED) is 0.0590. The van der Waals surface area contributed by atoms with Crippen molar-refractivity contribution in [3.8, 4) is 5.75 Å². The third kappa shape index (κ3) is 13.8. The molecule has 0 aliphatic heterocycles. The Morgan fingerprint density at radius 2 is 1.25 bits per heavy atom. The summed E-state index contributed by atoms with van der Waals surface area (Å²) in [6.45, 7) is 0. The number of amidine groups is 1. The molecule has 40 heavy (non-hydrogen) atoms. The summed E-state index contributed by atoms with van der Waals surface area (Å²) >= 11 is 0. The molecule has 0 radical (unpaired) electrons. The molecule has 0 atom stereocenters. The second-order valence-electron chi connectivity index (χ2n) is 7.76. The Hall–Kier alpha value is -4.64. The Labute approximate surface area is 230 Å². The first-order chi connectivity index (χ1) is 18.3. The number of nitrogens with two attached hydrogens (primary N) is 3. The zero-order valence-corrected chi connectivity index (χ0v) is 22.8. The highest BCUT2D eigenvalue weighted by atomic mass is 32.2. The van der Waals surface area contributed by atoms with Crippen LogP contribution in [0.4, 0.5) is 5.69 Å². The van der Waals surface area contributed by atoms with E-state index in [1.165, 1.54) is 30.3 Å². The molecule has 0 fully saturated rings. The lowest BCUT2D eigenvalue weighted by molar-refractivity contribution is 0.0733. The minimum atomic E-state index is -3.67. The van der Waals surface area contributed by atoms with Crippen LogP contribution in [0, 0.1) is 5.41 Å². The SMILES string of the molecule is CS(=O)(=O)O.CS(=O)(=O)O.N=C(N)c1ccc(OC(=O)c2ccc(N=C(N)N)cc2)c(C(=O)c2ccccc2)c1. The van der Waals surface area contributed by atoms with Crippen molar-refractivity contribution in [3.63, 3.8) is 0 Å². The first-order valence-electron chi connectivity index (χ1n) is 10.7. The minimum absolute atomic E-state index is 0.0622. The molecule has 0 saturated heterocycles. The number of hydrogen-bond acceptors (Lipinski definition) is 9. The van der Waals surface area contributed by atoms with Gasteiger partial charge in [-0.1, -0.05) is 30.3 Å². The number of ether oxygens (including phenoxy) is 1. The van der Waals surface area contributed by atoms with Gasteiger partial charge in [0.25, 0.3) is 20.2 Å². The van der Waals surface area contributed by atoms with Crippen molar-refractivity contribution in [3.05, 3.63) is 95.1 Å². The molecular formula is C24H27N5O9S2. The number of aliphatic imine (C=N–C) groups is 1. The summed E-state index contributed by atoms with van der Waals surface area (Å²) in [5.74, 6) is -1.26. The van der Waals surface area contributed by atoms with E-state index in [1.807, 2.05) is 0 Å². The van der Waals surface area contributed by atoms with Crippen LogP contribution in [0.2, 0.25) is 0 Å². The molecule has 0 aromatic heterocycles. The molecule has 0 spiro atoms. The van der Waals surface area contributed by atoms with Gasteiger partial charge in [0.2, 0.25) is 0 Å². The highest BCUT2D eigenvalue weighted by molar-refractivity contribution is 7.85. The molecule has 0 saturated carbocycles. The highest BCUT2D eigenvalue weighted by Crippen LogP contribution is 2.25. The molecule has 0 aliphatic rings. The molecule has 3 aromatic carbocycles. The van der Waals surface area contributed by atoms with E-state index < -0.39 is 26.2 Å². The summed E-state index contributed by atoms with van der Waals surface area (Å²) in [5, 5.41) is 7.62. The van der Waals surface area contributed by atoms with Gasteiger partial charge in [0, 0.05) is 11.1 Å². The summed E-state index contributed by atoms with van der Waals surface area (Å²) in [4.78, 5) is 29.4. The maximum absolute atomic E-state index is 13.0. The van der Waals surface area contributed by atoms with Gasteiger partial charge in [-0.15, -0.1) is 0 Å². The molecule has 214 valence electrons. The molecule has 3 rings (SSSR count). The van der Waals surface area contributed by atoms with Crippen molar-refractivity contribution < 1.29 is 40.3 Å². The summed E-state index contributed by atoms with van der Waals surface area (Å²) in [6, 6.07) is 19.1. The topological polar surface area (TPSA) is 266 Å². The molecule has 0 unspecified atom stereocenters. The van der Waals surface area contributed by atoms with Crippen molar-refractivity contribution in [1.82, 2.24) is 0 Å². The van der Waals surface area contributed by atoms with Gasteiger partial charge in [-0.05, 0) is 42.5 Å². The maximum Gasteiger partial charge on any atom is 0.343 e. The molecular weight excluding hydrogens is 566 g/mol. The van der Waals surface area contributed by atoms with Crippen LogP contribution in [0.5, 0.6) is 5.75 Å². The van der Waals surface area contributed by atoms with Crippen LogP contribution < -0.4 is 21.9 Å². The number of guanidine groups is 1. The van der Waals surface area contributed by atoms with Gasteiger partial charge in [0.15, 0.2) is 11.7 Å². The zero-order chi connectivity index (χ0) is 30.7. The smallest absolute Gasteiger partial charge is 0.343 e. The van der Waals surface area contributed by atoms with Gasteiger partial charge >= 0.3 is 5.97 Å². The average Bonchev–Trinajstić information content (AvgIpc) is 2.82. The van der Waals surface area contributed by atoms with Gasteiger partial charge < -0.3 is 21.9 Å². The van der Waals surface area contributed by atoms with Crippen LogP contribution in [0.3, 0.4) is 0 Å². The Morgan fingerprint density at radius 1 is 0.775 bits per heavy atom. The molecule has 14 nitrogen and oxygen atoms in total. The number of carbonyl (C=O) groups is 2. The van der Waals surface area contributed by atoms with E-state index >= 15 is 0 Å². The number of ketones is 1. The molecule has 0 amide bonds. The van der Waals surface area contributed by atoms with Gasteiger partial charge in [-0.3, -0.25) is 19.3 Å². The Balaban J connectivity index is 0.000000686. The van der Waals surface area contributed by atoms with E-state index in [4.69, 9.17) is 36.5 Å². The maximum atomic E-state index is 13.0. The predicted molar refractivity (Wildman–Crippen MR) is 149 cm³/mol. The average molecular weight is 594 g/mol. The number of nitrogen functional groups attached to an aromatic ring is 1. The molecule has 3 aromatic rings. The number of benzene rings is 3. The van der Waals surface area contributed by atoms with Gasteiger partial charge in [0.1, 0.15) is 11.6 Å². The molecule has 0 aliphatic carbocycles. The second kappa shape index (κ2) is 14.5. The molecule has 9 N–H and O–H groups in total. The van der Waals surface area contributed by atoms with Crippen LogP contribution in [0.1, 0.15) is 31.8 Å². The normalized spacial score (nSPS) is 10.5. The van der Waals surface area contributed by atoms with Gasteiger partial charge in [-0.2, -0.15) is 16.8 Å². The van der Waals surface area contributed by atoms with Gasteiger partial charge in [-0.25, -0.2) is 9.79 Å². The lowest BCUT2D eigenvalue weighted by atomic mass is 10.00. The van der Waals surface area contributed by atoms with Crippen molar-refractivity contribution >= 4 is 49.5 Å². The van der Waals surface area contributed by atoms with Crippen molar-refractivity contribution in [1.29, 1.82) is 5.41 Å². The summed E-state index contributed by atoms with van der Waals surface area (Å²) in [6.07, 6.45) is 1.43. The molecule has 16 heteroatoms. The largest absolute Gasteiger partial charge is 0.422 e. The lowest BCUT2D eigenvalue weighted by Gasteiger charge is -2.11. The Kier molecular flexibility index (Phi) is 12.1. The Morgan fingerprint density at radius 3 is 1.70 bits per heavy atom. The molecule has 0 heterocycles.